The summed E-state index contributed by atoms with van der Waals surface area (Å²) in [6, 6.07) is 6.34. The van der Waals surface area contributed by atoms with Gasteiger partial charge in [-0.15, -0.1) is 0 Å². The van der Waals surface area contributed by atoms with Crippen LogP contribution in [0.15, 0.2) is 24.3 Å². The van der Waals surface area contributed by atoms with Gasteiger partial charge in [0.2, 0.25) is 0 Å². The van der Waals surface area contributed by atoms with E-state index in [0.717, 1.165) is 0 Å². The van der Waals surface area contributed by atoms with Crippen LogP contribution >= 0.6 is 11.9 Å². The Bertz CT molecular complexity index is 215. The molecule has 1 aromatic carbocycles. The molecule has 3 heteroatoms. The minimum Gasteiger partial charge on any atom is -0.274 e. The van der Waals surface area contributed by atoms with Crippen LogP contribution in [0.5, 0.6) is 0 Å². The fraction of sp³-hybridized carbons (Fsp3) is 0.143. The molecule has 0 radical (unpaired) electrons. The number of hydrogen-bond donors (Lipinski definition) is 0. The van der Waals surface area contributed by atoms with Crippen LogP contribution in [0.25, 0.3) is 0 Å². The Kier molecular flexibility index (Phi) is 2.66. The molecule has 0 aromatic heterocycles. The van der Waals surface area contributed by atoms with Crippen LogP contribution in [-0.2, 0) is 10.9 Å². The molecule has 0 bridgehead atoms. The number of hydrogen-bond acceptors (Lipinski definition) is 1. The van der Waals surface area contributed by atoms with Crippen molar-refractivity contribution in [1.82, 2.24) is 0 Å². The smallest absolute Gasteiger partial charge is 0.128 e. The van der Waals surface area contributed by atoms with E-state index in [2.05, 4.69) is 4.29 Å². The lowest BCUT2D eigenvalue weighted by Crippen LogP contribution is -1.88. The largest absolute Gasteiger partial charge is 0.274 e. The molecule has 0 amide bonds. The van der Waals surface area contributed by atoms with E-state index in [-0.39, 0.29) is 12.4 Å². The highest BCUT2D eigenvalue weighted by molar-refractivity contribution is 6.07. The molecule has 0 heterocycles. The highest BCUT2D eigenvalue weighted by Gasteiger charge is 1.97. The van der Waals surface area contributed by atoms with Crippen molar-refractivity contribution < 1.29 is 8.68 Å². The van der Waals surface area contributed by atoms with Crippen LogP contribution in [0.1, 0.15) is 5.56 Å². The van der Waals surface area contributed by atoms with Gasteiger partial charge >= 0.3 is 0 Å². The first-order valence-corrected chi connectivity index (χ1v) is 3.12. The Balaban J connectivity index is 2.81. The van der Waals surface area contributed by atoms with Gasteiger partial charge in [0.1, 0.15) is 5.82 Å². The van der Waals surface area contributed by atoms with Crippen LogP contribution in [0.2, 0.25) is 0 Å². The zero-order valence-corrected chi connectivity index (χ0v) is 5.94. The van der Waals surface area contributed by atoms with Gasteiger partial charge < -0.3 is 0 Å². The summed E-state index contributed by atoms with van der Waals surface area (Å²) >= 11 is 4.94. The summed E-state index contributed by atoms with van der Waals surface area (Å²) in [5.41, 5.74) is 0.470. The van der Waals surface area contributed by atoms with Crippen molar-refractivity contribution >= 4 is 11.9 Å². The van der Waals surface area contributed by atoms with Crippen LogP contribution in [0.3, 0.4) is 0 Å². The van der Waals surface area contributed by atoms with Gasteiger partial charge in [-0.25, -0.2) is 4.39 Å². The molecular formula is C7H6ClFO. The van der Waals surface area contributed by atoms with Crippen LogP contribution in [0, 0.1) is 5.82 Å². The number of benzene rings is 1. The summed E-state index contributed by atoms with van der Waals surface area (Å²) in [6.07, 6.45) is 0. The van der Waals surface area contributed by atoms with Gasteiger partial charge in [-0.1, -0.05) is 18.2 Å². The summed E-state index contributed by atoms with van der Waals surface area (Å²) in [5.74, 6) is -0.289. The molecule has 0 aliphatic carbocycles. The van der Waals surface area contributed by atoms with Gasteiger partial charge in [0.15, 0.2) is 0 Å². The van der Waals surface area contributed by atoms with Gasteiger partial charge in [0.05, 0.1) is 18.5 Å². The normalized spacial score (nSPS) is 9.80. The Morgan fingerprint density at radius 1 is 1.40 bits per heavy atom. The van der Waals surface area contributed by atoms with Gasteiger partial charge in [0, 0.05) is 5.56 Å². The van der Waals surface area contributed by atoms with E-state index in [4.69, 9.17) is 11.9 Å². The second-order valence-corrected chi connectivity index (χ2v) is 2.06. The number of halogens is 2. The van der Waals surface area contributed by atoms with Crippen molar-refractivity contribution in [3.8, 4) is 0 Å². The fourth-order valence-electron chi connectivity index (χ4n) is 0.674. The third-order valence-corrected chi connectivity index (χ3v) is 1.28. The quantitative estimate of drug-likeness (QED) is 0.646. The first kappa shape index (κ1) is 7.51. The maximum Gasteiger partial charge on any atom is 0.128 e. The van der Waals surface area contributed by atoms with Crippen LogP contribution in [-0.4, -0.2) is 0 Å². The Labute approximate surface area is 63.6 Å². The summed E-state index contributed by atoms with van der Waals surface area (Å²) in [7, 11) is 0. The van der Waals surface area contributed by atoms with E-state index >= 15 is 0 Å². The average molecular weight is 161 g/mol. The molecule has 0 aliphatic rings. The predicted molar refractivity (Wildman–Crippen MR) is 37.0 cm³/mol. The average Bonchev–Trinajstić information content (AvgIpc) is 1.94. The number of rotatable bonds is 2. The van der Waals surface area contributed by atoms with Crippen molar-refractivity contribution in [2.24, 2.45) is 0 Å². The molecule has 1 nitrogen and oxygen atoms in total. The Morgan fingerprint density at radius 2 is 2.10 bits per heavy atom. The van der Waals surface area contributed by atoms with Gasteiger partial charge in [-0.05, 0) is 6.07 Å². The highest BCUT2D eigenvalue weighted by atomic mass is 35.5. The second-order valence-electron chi connectivity index (χ2n) is 1.84. The molecule has 1 rings (SSSR count). The molecular weight excluding hydrogens is 155 g/mol. The topological polar surface area (TPSA) is 9.23 Å². The Hall–Kier alpha value is -0.600. The first-order valence-electron chi connectivity index (χ1n) is 2.81. The minimum absolute atomic E-state index is 0.105. The van der Waals surface area contributed by atoms with Crippen molar-refractivity contribution in [3.05, 3.63) is 35.6 Å². The molecule has 1 aromatic rings. The monoisotopic (exact) mass is 160 g/mol. The highest BCUT2D eigenvalue weighted by Crippen LogP contribution is 2.07. The van der Waals surface area contributed by atoms with E-state index in [1.807, 2.05) is 0 Å². The molecule has 0 aliphatic heterocycles. The third kappa shape index (κ3) is 1.69. The SMILES string of the molecule is Fc1ccccc1COCl. The lowest BCUT2D eigenvalue weighted by molar-refractivity contribution is 0.332. The first-order chi connectivity index (χ1) is 4.84. The molecule has 0 saturated carbocycles. The molecule has 10 heavy (non-hydrogen) atoms. The summed E-state index contributed by atoms with van der Waals surface area (Å²) in [5, 5.41) is 0. The van der Waals surface area contributed by atoms with Crippen molar-refractivity contribution in [2.75, 3.05) is 0 Å². The predicted octanol–water partition coefficient (Wildman–Crippen LogP) is 2.50. The van der Waals surface area contributed by atoms with Gasteiger partial charge in [-0.3, -0.25) is 4.29 Å². The van der Waals surface area contributed by atoms with Crippen LogP contribution < -0.4 is 0 Å². The van der Waals surface area contributed by atoms with E-state index in [9.17, 15) is 4.39 Å². The molecule has 0 fully saturated rings. The summed E-state index contributed by atoms with van der Waals surface area (Å²) in [6.45, 7) is 0.105. The van der Waals surface area contributed by atoms with E-state index < -0.39 is 0 Å². The standard InChI is InChI=1S/C7H6ClFO/c8-10-5-6-3-1-2-4-7(6)9/h1-4H,5H2. The second kappa shape index (κ2) is 3.54. The lowest BCUT2D eigenvalue weighted by atomic mass is 10.2. The zero-order valence-electron chi connectivity index (χ0n) is 5.18. The minimum atomic E-state index is -0.289. The van der Waals surface area contributed by atoms with E-state index in [1.54, 1.807) is 18.2 Å². The van der Waals surface area contributed by atoms with Crippen molar-refractivity contribution in [2.45, 2.75) is 6.61 Å². The van der Waals surface area contributed by atoms with Crippen LogP contribution in [0.4, 0.5) is 4.39 Å². The molecule has 54 valence electrons. The molecule has 0 spiro atoms. The Morgan fingerprint density at radius 3 is 2.70 bits per heavy atom. The van der Waals surface area contributed by atoms with Crippen molar-refractivity contribution in [3.63, 3.8) is 0 Å². The third-order valence-electron chi connectivity index (χ3n) is 1.17. The zero-order chi connectivity index (χ0) is 7.40. The molecule has 0 saturated heterocycles. The molecule has 0 atom stereocenters. The van der Waals surface area contributed by atoms with Gasteiger partial charge in [0.25, 0.3) is 0 Å². The van der Waals surface area contributed by atoms with E-state index in [1.165, 1.54) is 6.07 Å². The van der Waals surface area contributed by atoms with Crippen molar-refractivity contribution in [1.29, 1.82) is 0 Å². The van der Waals surface area contributed by atoms with E-state index in [0.29, 0.717) is 5.56 Å². The maximum atomic E-state index is 12.6. The lowest BCUT2D eigenvalue weighted by Gasteiger charge is -1.96. The summed E-state index contributed by atoms with van der Waals surface area (Å²) in [4.78, 5) is 0. The molecule has 0 unspecified atom stereocenters. The maximum absolute atomic E-state index is 12.6. The fourth-order valence-corrected chi connectivity index (χ4v) is 0.792. The van der Waals surface area contributed by atoms with Gasteiger partial charge in [-0.2, -0.15) is 0 Å². The molecule has 0 N–H and O–H groups in total. The summed E-state index contributed by atoms with van der Waals surface area (Å²) < 4.78 is 16.9.